The highest BCUT2D eigenvalue weighted by atomic mass is 79.9. The molecule has 0 unspecified atom stereocenters. The normalized spacial score (nSPS) is 20.0. The van der Waals surface area contributed by atoms with E-state index in [-0.39, 0.29) is 11.9 Å². The van der Waals surface area contributed by atoms with Crippen LogP contribution in [0.2, 0.25) is 0 Å². The minimum Gasteiger partial charge on any atom is -0.324 e. The van der Waals surface area contributed by atoms with Gasteiger partial charge in [-0.3, -0.25) is 4.79 Å². The average molecular weight is 297 g/mol. The number of hydrogen-bond donors (Lipinski definition) is 2. The van der Waals surface area contributed by atoms with Crippen molar-refractivity contribution in [1.29, 1.82) is 0 Å². The Labute approximate surface area is 110 Å². The van der Waals surface area contributed by atoms with E-state index in [0.717, 1.165) is 41.5 Å². The number of amides is 1. The van der Waals surface area contributed by atoms with Crippen LogP contribution in [0, 0.1) is 6.92 Å². The summed E-state index contributed by atoms with van der Waals surface area (Å²) in [7, 11) is 0. The molecule has 0 spiro atoms. The summed E-state index contributed by atoms with van der Waals surface area (Å²) in [6.07, 6.45) is 3.22. The van der Waals surface area contributed by atoms with Gasteiger partial charge >= 0.3 is 0 Å². The Morgan fingerprint density at radius 3 is 3.00 bits per heavy atom. The van der Waals surface area contributed by atoms with E-state index in [1.807, 2.05) is 25.1 Å². The van der Waals surface area contributed by atoms with E-state index in [1.54, 1.807) is 0 Å². The summed E-state index contributed by atoms with van der Waals surface area (Å²) in [5.74, 6) is 0.0657. The second kappa shape index (κ2) is 5.65. The average Bonchev–Trinajstić information content (AvgIpc) is 2.36. The van der Waals surface area contributed by atoms with Gasteiger partial charge in [-0.25, -0.2) is 0 Å². The lowest BCUT2D eigenvalue weighted by atomic mass is 10.0. The molecule has 1 aliphatic heterocycles. The molecule has 1 amide bonds. The lowest BCUT2D eigenvalue weighted by Crippen LogP contribution is -2.43. The van der Waals surface area contributed by atoms with Crippen LogP contribution in [0.15, 0.2) is 22.7 Å². The second-order valence-corrected chi connectivity index (χ2v) is 5.22. The largest absolute Gasteiger partial charge is 0.324 e. The first-order valence-corrected chi connectivity index (χ1v) is 6.77. The summed E-state index contributed by atoms with van der Waals surface area (Å²) < 4.78 is 0.962. The van der Waals surface area contributed by atoms with Gasteiger partial charge in [0.15, 0.2) is 0 Å². The van der Waals surface area contributed by atoms with Gasteiger partial charge in [0.1, 0.15) is 0 Å². The number of piperidine rings is 1. The maximum atomic E-state index is 12.0. The maximum absolute atomic E-state index is 12.0. The molecule has 1 heterocycles. The third kappa shape index (κ3) is 3.07. The molecule has 3 nitrogen and oxygen atoms in total. The van der Waals surface area contributed by atoms with E-state index in [9.17, 15) is 4.79 Å². The summed E-state index contributed by atoms with van der Waals surface area (Å²) in [6.45, 7) is 2.95. The molecule has 92 valence electrons. The zero-order chi connectivity index (χ0) is 12.3. The molecule has 1 atom stereocenters. The summed E-state index contributed by atoms with van der Waals surface area (Å²) in [5.41, 5.74) is 1.97. The van der Waals surface area contributed by atoms with Crippen LogP contribution in [0.25, 0.3) is 0 Å². The topological polar surface area (TPSA) is 41.1 Å². The van der Waals surface area contributed by atoms with Crippen molar-refractivity contribution in [3.8, 4) is 0 Å². The van der Waals surface area contributed by atoms with E-state index in [4.69, 9.17) is 0 Å². The van der Waals surface area contributed by atoms with Gasteiger partial charge in [0, 0.05) is 4.47 Å². The van der Waals surface area contributed by atoms with E-state index in [1.165, 1.54) is 0 Å². The van der Waals surface area contributed by atoms with Crippen molar-refractivity contribution < 1.29 is 4.79 Å². The third-order valence-corrected chi connectivity index (χ3v) is 4.13. The zero-order valence-corrected chi connectivity index (χ0v) is 11.5. The van der Waals surface area contributed by atoms with Gasteiger partial charge in [-0.1, -0.05) is 18.6 Å². The molecule has 17 heavy (non-hydrogen) atoms. The van der Waals surface area contributed by atoms with Gasteiger partial charge in [0.2, 0.25) is 5.91 Å². The number of carbonyl (C=O) groups excluding carboxylic acids is 1. The fraction of sp³-hybridized carbons (Fsp3) is 0.462. The van der Waals surface area contributed by atoms with Crippen molar-refractivity contribution in [2.75, 3.05) is 11.9 Å². The van der Waals surface area contributed by atoms with Crippen LogP contribution in [-0.4, -0.2) is 18.5 Å². The molecule has 1 fully saturated rings. The van der Waals surface area contributed by atoms with Crippen LogP contribution in [-0.2, 0) is 4.79 Å². The van der Waals surface area contributed by atoms with Crippen LogP contribution < -0.4 is 10.6 Å². The minimum absolute atomic E-state index is 0.0452. The highest BCUT2D eigenvalue weighted by Gasteiger charge is 2.20. The van der Waals surface area contributed by atoms with E-state index < -0.39 is 0 Å². The van der Waals surface area contributed by atoms with Gasteiger partial charge in [-0.15, -0.1) is 0 Å². The third-order valence-electron chi connectivity index (χ3n) is 3.08. The molecular formula is C13H17BrN2O. The van der Waals surface area contributed by atoms with Crippen LogP contribution in [0.5, 0.6) is 0 Å². The minimum atomic E-state index is -0.0452. The lowest BCUT2D eigenvalue weighted by Gasteiger charge is -2.22. The smallest absolute Gasteiger partial charge is 0.241 e. The molecule has 2 N–H and O–H groups in total. The quantitative estimate of drug-likeness (QED) is 0.881. The Hall–Kier alpha value is -0.870. The predicted octanol–water partition coefficient (Wildman–Crippen LogP) is 2.84. The number of benzene rings is 1. The van der Waals surface area contributed by atoms with E-state index in [2.05, 4.69) is 26.6 Å². The summed E-state index contributed by atoms with van der Waals surface area (Å²) >= 11 is 3.50. The fourth-order valence-electron chi connectivity index (χ4n) is 2.04. The summed E-state index contributed by atoms with van der Waals surface area (Å²) in [4.78, 5) is 12.0. The van der Waals surface area contributed by atoms with Crippen LogP contribution in [0.3, 0.4) is 0 Å². The number of nitrogens with one attached hydrogen (secondary N) is 2. The van der Waals surface area contributed by atoms with Crippen LogP contribution in [0.1, 0.15) is 24.8 Å². The first kappa shape index (κ1) is 12.6. The number of rotatable bonds is 2. The van der Waals surface area contributed by atoms with Crippen molar-refractivity contribution >= 4 is 27.5 Å². The predicted molar refractivity (Wildman–Crippen MR) is 73.2 cm³/mol. The standard InChI is InChI=1S/C13H17BrN2O/c1-9-5-4-7-10(12(9)14)16-13(17)11-6-2-3-8-15-11/h4-5,7,11,15H,2-3,6,8H2,1H3,(H,16,17)/t11-/m1/s1. The molecule has 1 saturated heterocycles. The highest BCUT2D eigenvalue weighted by Crippen LogP contribution is 2.26. The van der Waals surface area contributed by atoms with Crippen LogP contribution >= 0.6 is 15.9 Å². The van der Waals surface area contributed by atoms with Crippen molar-refractivity contribution in [3.05, 3.63) is 28.2 Å². The van der Waals surface area contributed by atoms with Crippen molar-refractivity contribution in [3.63, 3.8) is 0 Å². The van der Waals surface area contributed by atoms with Gasteiger partial charge in [-0.05, 0) is 53.9 Å². The number of aryl methyl sites for hydroxylation is 1. The van der Waals surface area contributed by atoms with E-state index in [0.29, 0.717) is 0 Å². The monoisotopic (exact) mass is 296 g/mol. The van der Waals surface area contributed by atoms with Gasteiger partial charge in [0.05, 0.1) is 11.7 Å². The molecule has 0 saturated carbocycles. The summed E-state index contributed by atoms with van der Waals surface area (Å²) in [6, 6.07) is 5.83. The molecule has 4 heteroatoms. The van der Waals surface area contributed by atoms with Gasteiger partial charge < -0.3 is 10.6 Å². The number of halogens is 1. The highest BCUT2D eigenvalue weighted by molar-refractivity contribution is 9.10. The molecule has 0 radical (unpaired) electrons. The molecule has 0 aliphatic carbocycles. The van der Waals surface area contributed by atoms with Gasteiger partial charge in [-0.2, -0.15) is 0 Å². The van der Waals surface area contributed by atoms with Crippen molar-refractivity contribution in [2.45, 2.75) is 32.2 Å². The molecular weight excluding hydrogens is 280 g/mol. The Bertz CT molecular complexity index is 414. The van der Waals surface area contributed by atoms with Crippen molar-refractivity contribution in [2.24, 2.45) is 0 Å². The maximum Gasteiger partial charge on any atom is 0.241 e. The fourth-order valence-corrected chi connectivity index (χ4v) is 2.40. The second-order valence-electron chi connectivity index (χ2n) is 4.43. The van der Waals surface area contributed by atoms with Gasteiger partial charge in [0.25, 0.3) is 0 Å². The zero-order valence-electron chi connectivity index (χ0n) is 9.92. The molecule has 0 bridgehead atoms. The molecule has 0 aromatic heterocycles. The SMILES string of the molecule is Cc1cccc(NC(=O)[C@H]2CCCCN2)c1Br. The summed E-state index contributed by atoms with van der Waals surface area (Å²) in [5, 5.41) is 6.22. The Balaban J connectivity index is 2.04. The molecule has 1 aromatic rings. The molecule has 2 rings (SSSR count). The first-order chi connectivity index (χ1) is 8.18. The number of hydrogen-bond acceptors (Lipinski definition) is 2. The Morgan fingerprint density at radius 2 is 2.29 bits per heavy atom. The van der Waals surface area contributed by atoms with E-state index >= 15 is 0 Å². The van der Waals surface area contributed by atoms with Crippen LogP contribution in [0.4, 0.5) is 5.69 Å². The molecule has 1 aromatic carbocycles. The number of carbonyl (C=O) groups is 1. The lowest BCUT2D eigenvalue weighted by molar-refractivity contribution is -0.118. The Morgan fingerprint density at radius 1 is 1.47 bits per heavy atom. The molecule has 1 aliphatic rings. The first-order valence-electron chi connectivity index (χ1n) is 5.98. The number of anilines is 1. The Kier molecular flexibility index (Phi) is 4.18. The van der Waals surface area contributed by atoms with Crippen molar-refractivity contribution in [1.82, 2.24) is 5.32 Å².